The van der Waals surface area contributed by atoms with Gasteiger partial charge in [0.05, 0.1) is 17.9 Å². The quantitative estimate of drug-likeness (QED) is 0.230. The summed E-state index contributed by atoms with van der Waals surface area (Å²) in [7, 11) is -1.38. The first-order valence-corrected chi connectivity index (χ1v) is 12.8. The van der Waals surface area contributed by atoms with E-state index in [-0.39, 0.29) is 19.0 Å². The van der Waals surface area contributed by atoms with E-state index < -0.39 is 43.1 Å². The van der Waals surface area contributed by atoms with E-state index in [9.17, 15) is 22.8 Å². The molecule has 0 aromatic carbocycles. The predicted octanol–water partition coefficient (Wildman–Crippen LogP) is 2.85. The number of carboxylic acids is 1. The monoisotopic (exact) mass is 452 g/mol. The zero-order chi connectivity index (χ0) is 23.1. The summed E-state index contributed by atoms with van der Waals surface area (Å²) < 4.78 is 46.4. The number of carboxylic acid groups (broad SMARTS) is 1. The van der Waals surface area contributed by atoms with Gasteiger partial charge < -0.3 is 20.0 Å². The third-order valence-corrected chi connectivity index (χ3v) is 5.48. The summed E-state index contributed by atoms with van der Waals surface area (Å²) in [6.07, 6.45) is -4.02. The standard InChI is InChI=1S/C17H27F3N4O5Si/c1-11(9-29-23-12(2)16(26)27)22-13-8-21-24(10-28-6-7-30(3,4)5)15(25)14(13)17(18,19)20/h8,11,22H,6-7,9-10H2,1-5H3,(H,26,27)/b23-12+. The highest BCUT2D eigenvalue weighted by Gasteiger charge is 2.38. The summed E-state index contributed by atoms with van der Waals surface area (Å²) in [5.74, 6) is -1.28. The second kappa shape index (κ2) is 10.6. The highest BCUT2D eigenvalue weighted by atomic mass is 28.3. The van der Waals surface area contributed by atoms with Gasteiger partial charge in [0, 0.05) is 14.7 Å². The maximum Gasteiger partial charge on any atom is 0.423 e. The van der Waals surface area contributed by atoms with Gasteiger partial charge in [0.2, 0.25) is 0 Å². The number of anilines is 1. The van der Waals surface area contributed by atoms with E-state index in [1.165, 1.54) is 13.8 Å². The average Bonchev–Trinajstić information content (AvgIpc) is 2.58. The highest BCUT2D eigenvalue weighted by Crippen LogP contribution is 2.32. The number of hydrogen-bond acceptors (Lipinski definition) is 7. The molecule has 0 fully saturated rings. The summed E-state index contributed by atoms with van der Waals surface area (Å²) in [5, 5.41) is 18.3. The highest BCUT2D eigenvalue weighted by molar-refractivity contribution is 6.76. The second-order valence-electron chi connectivity index (χ2n) is 7.91. The van der Waals surface area contributed by atoms with Crippen molar-refractivity contribution in [3.05, 3.63) is 22.1 Å². The fourth-order valence-corrected chi connectivity index (χ4v) is 2.84. The molecule has 0 radical (unpaired) electrons. The predicted molar refractivity (Wildman–Crippen MR) is 107 cm³/mol. The number of rotatable bonds is 11. The topological polar surface area (TPSA) is 115 Å². The molecule has 1 unspecified atom stereocenters. The van der Waals surface area contributed by atoms with Crippen molar-refractivity contribution in [1.29, 1.82) is 0 Å². The third-order valence-electron chi connectivity index (χ3n) is 3.77. The number of hydrogen-bond donors (Lipinski definition) is 2. The summed E-state index contributed by atoms with van der Waals surface area (Å²) >= 11 is 0. The Morgan fingerprint density at radius 1 is 1.40 bits per heavy atom. The third kappa shape index (κ3) is 8.53. The summed E-state index contributed by atoms with van der Waals surface area (Å²) in [6, 6.07) is 0.0796. The van der Waals surface area contributed by atoms with Crippen LogP contribution in [0.15, 0.2) is 16.1 Å². The SMILES string of the molecule is C/C(=N\OCC(C)Nc1cnn(COCC[Si](C)(C)C)c(=O)c1C(F)(F)F)C(=O)O. The van der Waals surface area contributed by atoms with Crippen LogP contribution in [0.4, 0.5) is 18.9 Å². The number of alkyl halides is 3. The molecule has 0 amide bonds. The largest absolute Gasteiger partial charge is 0.477 e. The van der Waals surface area contributed by atoms with Crippen molar-refractivity contribution in [3.63, 3.8) is 0 Å². The van der Waals surface area contributed by atoms with Gasteiger partial charge in [0.25, 0.3) is 5.56 Å². The maximum absolute atomic E-state index is 13.5. The zero-order valence-electron chi connectivity index (χ0n) is 17.5. The molecular formula is C17H27F3N4O5Si. The molecule has 0 saturated heterocycles. The molecule has 2 N–H and O–H groups in total. The smallest absolute Gasteiger partial charge is 0.423 e. The molecule has 13 heteroatoms. The number of nitrogens with one attached hydrogen (secondary N) is 1. The van der Waals surface area contributed by atoms with Crippen LogP contribution in [0, 0.1) is 0 Å². The van der Waals surface area contributed by atoms with Crippen LogP contribution in [-0.2, 0) is 27.3 Å². The van der Waals surface area contributed by atoms with Crippen molar-refractivity contribution in [3.8, 4) is 0 Å². The Labute approximate surface area is 172 Å². The molecule has 30 heavy (non-hydrogen) atoms. The van der Waals surface area contributed by atoms with Gasteiger partial charge in [-0.05, 0) is 19.9 Å². The molecule has 1 heterocycles. The Hall–Kier alpha value is -2.41. The Morgan fingerprint density at radius 2 is 2.03 bits per heavy atom. The summed E-state index contributed by atoms with van der Waals surface area (Å²) in [5.41, 5.74) is -3.55. The molecule has 1 aromatic rings. The van der Waals surface area contributed by atoms with Gasteiger partial charge in [0.15, 0.2) is 5.71 Å². The lowest BCUT2D eigenvalue weighted by Crippen LogP contribution is -2.34. The summed E-state index contributed by atoms with van der Waals surface area (Å²) in [4.78, 5) is 27.8. The van der Waals surface area contributed by atoms with E-state index in [1.54, 1.807) is 0 Å². The van der Waals surface area contributed by atoms with Gasteiger partial charge in [-0.1, -0.05) is 24.8 Å². The number of carbonyl (C=O) groups is 1. The fourth-order valence-electron chi connectivity index (χ4n) is 2.09. The van der Waals surface area contributed by atoms with E-state index >= 15 is 0 Å². The van der Waals surface area contributed by atoms with Gasteiger partial charge >= 0.3 is 12.1 Å². The van der Waals surface area contributed by atoms with Crippen molar-refractivity contribution in [2.45, 2.75) is 58.5 Å². The molecule has 1 rings (SSSR count). The van der Waals surface area contributed by atoms with E-state index in [0.29, 0.717) is 11.3 Å². The Morgan fingerprint density at radius 3 is 2.57 bits per heavy atom. The number of aromatic nitrogens is 2. The van der Waals surface area contributed by atoms with Crippen LogP contribution in [0.3, 0.4) is 0 Å². The second-order valence-corrected chi connectivity index (χ2v) is 13.5. The lowest BCUT2D eigenvalue weighted by atomic mass is 10.2. The molecule has 0 aliphatic heterocycles. The first-order valence-electron chi connectivity index (χ1n) is 9.14. The molecule has 0 bridgehead atoms. The first kappa shape index (κ1) is 25.6. The Bertz CT molecular complexity index is 821. The van der Waals surface area contributed by atoms with Crippen molar-refractivity contribution in [2.75, 3.05) is 18.5 Å². The van der Waals surface area contributed by atoms with Crippen LogP contribution in [0.1, 0.15) is 19.4 Å². The zero-order valence-corrected chi connectivity index (χ0v) is 18.5. The van der Waals surface area contributed by atoms with Crippen LogP contribution >= 0.6 is 0 Å². The Kier molecular flexibility index (Phi) is 9.02. The lowest BCUT2D eigenvalue weighted by Gasteiger charge is -2.19. The van der Waals surface area contributed by atoms with Gasteiger partial charge in [-0.15, -0.1) is 0 Å². The minimum atomic E-state index is -4.92. The van der Waals surface area contributed by atoms with Crippen LogP contribution in [-0.4, -0.2) is 53.9 Å². The normalized spacial score (nSPS) is 13.8. The first-order chi connectivity index (χ1) is 13.7. The maximum atomic E-state index is 13.5. The van der Waals surface area contributed by atoms with E-state index in [4.69, 9.17) is 14.7 Å². The minimum absolute atomic E-state index is 0.231. The molecule has 0 saturated carbocycles. The van der Waals surface area contributed by atoms with Crippen molar-refractivity contribution >= 4 is 25.4 Å². The molecule has 0 aliphatic rings. The molecule has 1 atom stereocenters. The number of ether oxygens (including phenoxy) is 1. The van der Waals surface area contributed by atoms with Crippen molar-refractivity contribution in [1.82, 2.24) is 9.78 Å². The molecule has 0 spiro atoms. The van der Waals surface area contributed by atoms with Crippen molar-refractivity contribution in [2.24, 2.45) is 5.16 Å². The fraction of sp³-hybridized carbons (Fsp3) is 0.647. The van der Waals surface area contributed by atoms with Gasteiger partial charge in [0.1, 0.15) is 18.9 Å². The molecule has 0 aliphatic carbocycles. The average molecular weight is 453 g/mol. The van der Waals surface area contributed by atoms with Gasteiger partial charge in [-0.25, -0.2) is 9.48 Å². The number of halogens is 3. The molecule has 170 valence electrons. The van der Waals surface area contributed by atoms with Crippen LogP contribution in [0.25, 0.3) is 0 Å². The van der Waals surface area contributed by atoms with Gasteiger partial charge in [-0.2, -0.15) is 18.3 Å². The lowest BCUT2D eigenvalue weighted by molar-refractivity contribution is -0.138. The molecule has 1 aromatic heterocycles. The summed E-state index contributed by atoms with van der Waals surface area (Å²) in [6.45, 7) is 8.79. The van der Waals surface area contributed by atoms with E-state index in [0.717, 1.165) is 12.2 Å². The molecular weight excluding hydrogens is 425 g/mol. The number of nitrogens with zero attached hydrogens (tertiary/aromatic N) is 3. The van der Waals surface area contributed by atoms with E-state index in [1.807, 2.05) is 0 Å². The van der Waals surface area contributed by atoms with Gasteiger partial charge in [-0.3, -0.25) is 4.79 Å². The number of oxime groups is 1. The van der Waals surface area contributed by atoms with E-state index in [2.05, 4.69) is 35.2 Å². The van der Waals surface area contributed by atoms with Crippen LogP contribution < -0.4 is 10.9 Å². The van der Waals surface area contributed by atoms with Crippen LogP contribution in [0.5, 0.6) is 0 Å². The minimum Gasteiger partial charge on any atom is -0.477 e. The number of aliphatic carboxylic acids is 1. The molecule has 9 nitrogen and oxygen atoms in total. The Balaban J connectivity index is 2.92. The van der Waals surface area contributed by atoms with Crippen LogP contribution in [0.2, 0.25) is 25.7 Å². The van der Waals surface area contributed by atoms with Crippen molar-refractivity contribution < 1.29 is 32.6 Å².